The van der Waals surface area contributed by atoms with Gasteiger partial charge in [-0.15, -0.1) is 0 Å². The summed E-state index contributed by atoms with van der Waals surface area (Å²) in [5, 5.41) is 0. The van der Waals surface area contributed by atoms with Gasteiger partial charge in [-0.05, 0) is 45.1 Å². The number of carbonyl (C=O) groups excluding carboxylic acids is 1. The van der Waals surface area contributed by atoms with E-state index in [4.69, 9.17) is 4.74 Å². The van der Waals surface area contributed by atoms with Crippen molar-refractivity contribution in [2.75, 3.05) is 6.61 Å². The monoisotopic (exact) mass is 246 g/mol. The second kappa shape index (κ2) is 5.66. The molecule has 0 spiro atoms. The van der Waals surface area contributed by atoms with Gasteiger partial charge in [0, 0.05) is 13.0 Å². The number of hydrogen-bond donors (Lipinski definition) is 0. The van der Waals surface area contributed by atoms with Crippen LogP contribution in [0.1, 0.15) is 43.7 Å². The molecule has 0 bridgehead atoms. The van der Waals surface area contributed by atoms with E-state index >= 15 is 0 Å². The highest BCUT2D eigenvalue weighted by Gasteiger charge is 2.41. The first-order valence-electron chi connectivity index (χ1n) is 6.89. The molecule has 0 atom stereocenters. The van der Waals surface area contributed by atoms with Gasteiger partial charge in [0.1, 0.15) is 5.60 Å². The van der Waals surface area contributed by atoms with Crippen LogP contribution in [-0.2, 0) is 16.0 Å². The fraction of sp³-hybridized carbons (Fsp3) is 0.562. The Kier molecular flexibility index (Phi) is 4.18. The summed E-state index contributed by atoms with van der Waals surface area (Å²) >= 11 is 0. The van der Waals surface area contributed by atoms with E-state index in [9.17, 15) is 4.79 Å². The van der Waals surface area contributed by atoms with Gasteiger partial charge in [0.05, 0.1) is 0 Å². The van der Waals surface area contributed by atoms with E-state index in [1.807, 2.05) is 19.1 Å². The lowest BCUT2D eigenvalue weighted by atomic mass is 9.91. The van der Waals surface area contributed by atoms with Crippen molar-refractivity contribution in [3.63, 3.8) is 0 Å². The standard InChI is InChI=1S/C16H22O2/c1-3-18-16(10-4-5-11-16)15(17)12-14-8-6-13(2)7-9-14/h6-9H,3-5,10-12H2,1-2H3. The molecule has 18 heavy (non-hydrogen) atoms. The van der Waals surface area contributed by atoms with E-state index in [1.165, 1.54) is 5.56 Å². The van der Waals surface area contributed by atoms with Crippen LogP contribution in [0.5, 0.6) is 0 Å². The Morgan fingerprint density at radius 2 is 1.83 bits per heavy atom. The predicted molar refractivity (Wildman–Crippen MR) is 72.7 cm³/mol. The van der Waals surface area contributed by atoms with Gasteiger partial charge < -0.3 is 4.74 Å². The number of aryl methyl sites for hydroxylation is 1. The van der Waals surface area contributed by atoms with E-state index in [0.29, 0.717) is 13.0 Å². The molecule has 1 aromatic carbocycles. The molecular formula is C16H22O2. The molecule has 1 aromatic rings. The lowest BCUT2D eigenvalue weighted by molar-refractivity contribution is -0.142. The lowest BCUT2D eigenvalue weighted by Gasteiger charge is -2.27. The quantitative estimate of drug-likeness (QED) is 0.795. The zero-order chi connectivity index (χ0) is 13.0. The van der Waals surface area contributed by atoms with Crippen molar-refractivity contribution in [1.29, 1.82) is 0 Å². The molecule has 0 aliphatic heterocycles. The van der Waals surface area contributed by atoms with Crippen molar-refractivity contribution in [1.82, 2.24) is 0 Å². The molecule has 0 heterocycles. The topological polar surface area (TPSA) is 26.3 Å². The minimum Gasteiger partial charge on any atom is -0.367 e. The average molecular weight is 246 g/mol. The molecule has 98 valence electrons. The van der Waals surface area contributed by atoms with Crippen LogP contribution in [0.4, 0.5) is 0 Å². The SMILES string of the molecule is CCOC1(C(=O)Cc2ccc(C)cc2)CCCC1. The zero-order valence-corrected chi connectivity index (χ0v) is 11.4. The summed E-state index contributed by atoms with van der Waals surface area (Å²) in [5.74, 6) is 0.255. The first-order valence-corrected chi connectivity index (χ1v) is 6.89. The molecule has 2 rings (SSSR count). The van der Waals surface area contributed by atoms with Crippen molar-refractivity contribution in [3.8, 4) is 0 Å². The van der Waals surface area contributed by atoms with Crippen molar-refractivity contribution in [2.24, 2.45) is 0 Å². The van der Waals surface area contributed by atoms with E-state index in [2.05, 4.69) is 19.1 Å². The minimum absolute atomic E-state index is 0.255. The Labute approximate surface area is 109 Å². The molecule has 2 nitrogen and oxygen atoms in total. The minimum atomic E-state index is -0.486. The molecular weight excluding hydrogens is 224 g/mol. The Hall–Kier alpha value is -1.15. The van der Waals surface area contributed by atoms with Gasteiger partial charge in [-0.1, -0.05) is 29.8 Å². The molecule has 0 N–H and O–H groups in total. The Morgan fingerprint density at radius 3 is 2.39 bits per heavy atom. The number of rotatable bonds is 5. The fourth-order valence-electron chi connectivity index (χ4n) is 2.78. The average Bonchev–Trinajstić information content (AvgIpc) is 2.82. The van der Waals surface area contributed by atoms with Crippen molar-refractivity contribution in [3.05, 3.63) is 35.4 Å². The van der Waals surface area contributed by atoms with Gasteiger partial charge in [0.15, 0.2) is 5.78 Å². The number of benzene rings is 1. The summed E-state index contributed by atoms with van der Waals surface area (Å²) in [6.07, 6.45) is 4.51. The maximum Gasteiger partial charge on any atom is 0.168 e. The van der Waals surface area contributed by atoms with Crippen molar-refractivity contribution in [2.45, 2.75) is 51.6 Å². The summed E-state index contributed by atoms with van der Waals surface area (Å²) < 4.78 is 5.80. The van der Waals surface area contributed by atoms with Gasteiger partial charge in [0.25, 0.3) is 0 Å². The van der Waals surface area contributed by atoms with Crippen LogP contribution in [-0.4, -0.2) is 18.0 Å². The maximum atomic E-state index is 12.5. The first kappa shape index (κ1) is 13.3. The van der Waals surface area contributed by atoms with Gasteiger partial charge >= 0.3 is 0 Å². The normalized spacial score (nSPS) is 17.9. The highest BCUT2D eigenvalue weighted by Crippen LogP contribution is 2.35. The van der Waals surface area contributed by atoms with E-state index in [1.54, 1.807) is 0 Å². The smallest absolute Gasteiger partial charge is 0.168 e. The molecule has 1 fully saturated rings. The third-order valence-electron chi connectivity index (χ3n) is 3.83. The second-order valence-corrected chi connectivity index (χ2v) is 5.22. The van der Waals surface area contributed by atoms with E-state index in [-0.39, 0.29) is 5.78 Å². The third kappa shape index (κ3) is 2.81. The molecule has 1 saturated carbocycles. The van der Waals surface area contributed by atoms with Crippen LogP contribution in [0, 0.1) is 6.92 Å². The number of hydrogen-bond acceptors (Lipinski definition) is 2. The van der Waals surface area contributed by atoms with E-state index < -0.39 is 5.60 Å². The predicted octanol–water partition coefficient (Wildman–Crippen LogP) is 3.46. The van der Waals surface area contributed by atoms with Crippen LogP contribution < -0.4 is 0 Å². The van der Waals surface area contributed by atoms with Crippen LogP contribution in [0.2, 0.25) is 0 Å². The molecule has 1 aliphatic carbocycles. The van der Waals surface area contributed by atoms with Crippen LogP contribution in [0.15, 0.2) is 24.3 Å². The largest absolute Gasteiger partial charge is 0.367 e. The molecule has 0 amide bonds. The number of ether oxygens (including phenoxy) is 1. The molecule has 0 radical (unpaired) electrons. The van der Waals surface area contributed by atoms with E-state index in [0.717, 1.165) is 31.2 Å². The van der Waals surface area contributed by atoms with Crippen molar-refractivity contribution >= 4 is 5.78 Å². The molecule has 2 heteroatoms. The zero-order valence-electron chi connectivity index (χ0n) is 11.4. The second-order valence-electron chi connectivity index (χ2n) is 5.22. The maximum absolute atomic E-state index is 12.5. The molecule has 0 unspecified atom stereocenters. The summed E-state index contributed by atoms with van der Waals surface area (Å²) in [6, 6.07) is 8.21. The van der Waals surface area contributed by atoms with Crippen LogP contribution in [0.3, 0.4) is 0 Å². The van der Waals surface area contributed by atoms with Gasteiger partial charge in [-0.25, -0.2) is 0 Å². The Bertz CT molecular complexity index is 400. The van der Waals surface area contributed by atoms with Gasteiger partial charge in [0.2, 0.25) is 0 Å². The third-order valence-corrected chi connectivity index (χ3v) is 3.83. The van der Waals surface area contributed by atoms with Gasteiger partial charge in [-0.3, -0.25) is 4.79 Å². The van der Waals surface area contributed by atoms with Crippen LogP contribution in [0.25, 0.3) is 0 Å². The molecule has 1 aliphatic rings. The number of ketones is 1. The molecule has 0 saturated heterocycles. The van der Waals surface area contributed by atoms with Gasteiger partial charge in [-0.2, -0.15) is 0 Å². The summed E-state index contributed by atoms with van der Waals surface area (Å²) in [7, 11) is 0. The number of Topliss-reactive ketones (excluding diaryl/α,β-unsaturated/α-hetero) is 1. The number of carbonyl (C=O) groups is 1. The van der Waals surface area contributed by atoms with Crippen molar-refractivity contribution < 1.29 is 9.53 Å². The van der Waals surface area contributed by atoms with Crippen LogP contribution >= 0.6 is 0 Å². The highest BCUT2D eigenvalue weighted by atomic mass is 16.5. The Balaban J connectivity index is 2.07. The summed E-state index contributed by atoms with van der Waals surface area (Å²) in [4.78, 5) is 12.5. The summed E-state index contributed by atoms with van der Waals surface area (Å²) in [5.41, 5.74) is 1.84. The molecule has 0 aromatic heterocycles. The first-order chi connectivity index (χ1) is 8.66. The fourth-order valence-corrected chi connectivity index (χ4v) is 2.78. The summed E-state index contributed by atoms with van der Waals surface area (Å²) in [6.45, 7) is 4.66. The highest BCUT2D eigenvalue weighted by molar-refractivity contribution is 5.89. The lowest BCUT2D eigenvalue weighted by Crippen LogP contribution is -2.40. The Morgan fingerprint density at radius 1 is 1.22 bits per heavy atom.